The molecule has 4 aromatic rings. The Balaban J connectivity index is 0.994. The lowest BCUT2D eigenvalue weighted by Crippen LogP contribution is -2.47. The number of thioether (sulfide) groups is 1. The predicted molar refractivity (Wildman–Crippen MR) is 183 cm³/mol. The molecule has 2 aliphatic rings. The van der Waals surface area contributed by atoms with E-state index in [-0.39, 0.29) is 17.6 Å². The molecule has 7 nitrogen and oxygen atoms in total. The third-order valence-corrected chi connectivity index (χ3v) is 9.38. The second kappa shape index (κ2) is 14.7. The number of piperazine rings is 1. The molecule has 6 rings (SSSR count). The first-order valence-electron chi connectivity index (χ1n) is 15.5. The monoisotopic (exact) mass is 636 g/mol. The maximum absolute atomic E-state index is 13.6. The van der Waals surface area contributed by atoms with Crippen molar-refractivity contribution in [1.82, 2.24) is 10.2 Å². The number of methoxy groups -OCH3 is 1. The van der Waals surface area contributed by atoms with Gasteiger partial charge in [-0.05, 0) is 90.8 Å². The van der Waals surface area contributed by atoms with Crippen LogP contribution >= 0.6 is 11.8 Å². The predicted octanol–water partition coefficient (Wildman–Crippen LogP) is 6.46. The van der Waals surface area contributed by atoms with E-state index >= 15 is 0 Å². The first kappa shape index (κ1) is 31.4. The van der Waals surface area contributed by atoms with E-state index in [9.17, 15) is 14.0 Å². The van der Waals surface area contributed by atoms with E-state index in [0.29, 0.717) is 23.6 Å². The lowest BCUT2D eigenvalue weighted by Gasteiger charge is -2.36. The third-order valence-electron chi connectivity index (χ3n) is 8.30. The molecule has 1 saturated heterocycles. The van der Waals surface area contributed by atoms with Gasteiger partial charge in [0.15, 0.2) is 0 Å². The average molecular weight is 637 g/mol. The van der Waals surface area contributed by atoms with Gasteiger partial charge in [-0.15, -0.1) is 0 Å². The fourth-order valence-electron chi connectivity index (χ4n) is 5.70. The average Bonchev–Trinajstić information content (AvgIpc) is 3.10. The molecule has 2 aliphatic heterocycles. The van der Waals surface area contributed by atoms with Crippen LogP contribution in [0.2, 0.25) is 0 Å². The summed E-state index contributed by atoms with van der Waals surface area (Å²) >= 11 is 1.43. The van der Waals surface area contributed by atoms with Crippen LogP contribution in [0, 0.1) is 5.82 Å². The maximum Gasteiger partial charge on any atom is 0.265 e. The number of nitrogens with one attached hydrogen (secondary N) is 1. The quantitative estimate of drug-likeness (QED) is 0.159. The molecular formula is C37H37FN4O3S. The number of carbonyl (C=O) groups is 2. The van der Waals surface area contributed by atoms with Crippen LogP contribution in [0.4, 0.5) is 15.8 Å². The number of fused-ring (bicyclic) bond motifs is 1. The first-order valence-corrected chi connectivity index (χ1v) is 16.3. The first-order chi connectivity index (χ1) is 22.5. The zero-order chi connectivity index (χ0) is 31.9. The summed E-state index contributed by atoms with van der Waals surface area (Å²) in [5.74, 6) is 0.341. The molecule has 0 aromatic heterocycles. The van der Waals surface area contributed by atoms with Gasteiger partial charge in [0.1, 0.15) is 11.6 Å². The molecule has 0 unspecified atom stereocenters. The van der Waals surface area contributed by atoms with Crippen molar-refractivity contribution < 1.29 is 18.7 Å². The van der Waals surface area contributed by atoms with Gasteiger partial charge in [-0.1, -0.05) is 48.2 Å². The highest BCUT2D eigenvalue weighted by Gasteiger charge is 2.29. The summed E-state index contributed by atoms with van der Waals surface area (Å²) in [6.07, 6.45) is 2.74. The van der Waals surface area contributed by atoms with Gasteiger partial charge in [-0.2, -0.15) is 0 Å². The molecule has 0 atom stereocenters. The third kappa shape index (κ3) is 7.61. The Kier molecular flexibility index (Phi) is 10.0. The summed E-state index contributed by atoms with van der Waals surface area (Å²) in [5, 5.41) is 3.04. The summed E-state index contributed by atoms with van der Waals surface area (Å²) in [7, 11) is 1.68. The lowest BCUT2D eigenvalue weighted by molar-refractivity contribution is -0.114. The zero-order valence-corrected chi connectivity index (χ0v) is 26.6. The molecule has 0 saturated carbocycles. The number of carbonyl (C=O) groups excluding carboxylic acids is 2. The number of rotatable bonds is 10. The van der Waals surface area contributed by atoms with E-state index in [1.54, 1.807) is 36.3 Å². The Morgan fingerprint density at radius 2 is 1.63 bits per heavy atom. The molecule has 4 aromatic carbocycles. The highest BCUT2D eigenvalue weighted by molar-refractivity contribution is 8.04. The van der Waals surface area contributed by atoms with Crippen LogP contribution < -0.4 is 19.9 Å². The van der Waals surface area contributed by atoms with Gasteiger partial charge in [-0.25, -0.2) is 4.39 Å². The summed E-state index contributed by atoms with van der Waals surface area (Å²) in [6, 6.07) is 29.5. The van der Waals surface area contributed by atoms with E-state index in [1.165, 1.54) is 29.6 Å². The molecule has 2 heterocycles. The van der Waals surface area contributed by atoms with Crippen molar-refractivity contribution in [2.75, 3.05) is 56.2 Å². The van der Waals surface area contributed by atoms with Crippen LogP contribution in [-0.4, -0.2) is 63.1 Å². The Morgan fingerprint density at radius 1 is 0.913 bits per heavy atom. The summed E-state index contributed by atoms with van der Waals surface area (Å²) < 4.78 is 18.7. The minimum absolute atomic E-state index is 0.106. The van der Waals surface area contributed by atoms with Crippen molar-refractivity contribution in [2.45, 2.75) is 17.9 Å². The summed E-state index contributed by atoms with van der Waals surface area (Å²) in [6.45, 7) is 5.83. The number of amides is 2. The maximum atomic E-state index is 13.6. The molecule has 0 aliphatic carbocycles. The van der Waals surface area contributed by atoms with Crippen LogP contribution in [0.15, 0.2) is 107 Å². The number of halogens is 1. The van der Waals surface area contributed by atoms with Crippen LogP contribution in [0.3, 0.4) is 0 Å². The molecule has 46 heavy (non-hydrogen) atoms. The number of nitrogens with zero attached hydrogens (tertiary/aromatic N) is 3. The number of anilines is 2. The highest BCUT2D eigenvalue weighted by atomic mass is 32.2. The fourth-order valence-corrected chi connectivity index (χ4v) is 6.76. The Bertz CT molecular complexity index is 1690. The van der Waals surface area contributed by atoms with Gasteiger partial charge in [0, 0.05) is 48.9 Å². The van der Waals surface area contributed by atoms with Crippen LogP contribution in [0.25, 0.3) is 6.08 Å². The van der Waals surface area contributed by atoms with Gasteiger partial charge in [0.25, 0.3) is 11.8 Å². The molecule has 0 spiro atoms. The lowest BCUT2D eigenvalue weighted by atomic mass is 10.1. The minimum Gasteiger partial charge on any atom is -0.497 e. The molecule has 1 fully saturated rings. The number of hydrogen-bond donors (Lipinski definition) is 1. The van der Waals surface area contributed by atoms with Gasteiger partial charge >= 0.3 is 0 Å². The van der Waals surface area contributed by atoms with Crippen LogP contribution in [0.1, 0.15) is 27.9 Å². The number of benzene rings is 4. The van der Waals surface area contributed by atoms with Crippen molar-refractivity contribution in [2.24, 2.45) is 0 Å². The molecule has 0 radical (unpaired) electrons. The van der Waals surface area contributed by atoms with E-state index < -0.39 is 0 Å². The van der Waals surface area contributed by atoms with Crippen molar-refractivity contribution in [3.05, 3.63) is 124 Å². The Morgan fingerprint density at radius 3 is 2.35 bits per heavy atom. The largest absolute Gasteiger partial charge is 0.497 e. The number of hydrogen-bond acceptors (Lipinski definition) is 6. The molecule has 2 amide bonds. The molecule has 1 N–H and O–H groups in total. The SMILES string of the molecule is COc1ccc(N2CCN(CCCNC(=O)c3ccc(C=C4Sc5ccccc5N(Cc5ccc(F)cc5)C4=O)cc3)CC2)cc1. The number of ether oxygens (including phenoxy) is 1. The van der Waals surface area contributed by atoms with E-state index in [0.717, 1.165) is 66.6 Å². The van der Waals surface area contributed by atoms with Crippen molar-refractivity contribution >= 4 is 41.0 Å². The fraction of sp³-hybridized carbons (Fsp3) is 0.243. The van der Waals surface area contributed by atoms with Gasteiger partial charge in [0.2, 0.25) is 0 Å². The Hall–Kier alpha value is -4.60. The van der Waals surface area contributed by atoms with Gasteiger partial charge in [0.05, 0.1) is 24.2 Å². The second-order valence-corrected chi connectivity index (χ2v) is 12.4. The standard InChI is InChI=1S/C37H37FN4O3S/c1-45-32-17-15-31(16-18-32)41-23-21-40(22-24-41)20-4-19-39-36(43)29-11-7-27(8-12-29)25-35-37(44)42(26-28-9-13-30(38)14-10-28)33-5-2-3-6-34(33)46-35/h2-3,5-18,25H,4,19-24,26H2,1H3,(H,39,43). The molecule has 9 heteroatoms. The van der Waals surface area contributed by atoms with E-state index in [4.69, 9.17) is 4.74 Å². The Labute approximate surface area is 273 Å². The van der Waals surface area contributed by atoms with E-state index in [1.807, 2.05) is 54.6 Å². The summed E-state index contributed by atoms with van der Waals surface area (Å²) in [5.41, 5.74) is 4.32. The molecular weight excluding hydrogens is 599 g/mol. The zero-order valence-electron chi connectivity index (χ0n) is 25.8. The van der Waals surface area contributed by atoms with Crippen LogP contribution in [0.5, 0.6) is 5.75 Å². The molecule has 0 bridgehead atoms. The van der Waals surface area contributed by atoms with Crippen molar-refractivity contribution in [3.8, 4) is 5.75 Å². The van der Waals surface area contributed by atoms with Gasteiger partial charge in [-0.3, -0.25) is 14.5 Å². The molecule has 236 valence electrons. The van der Waals surface area contributed by atoms with E-state index in [2.05, 4.69) is 27.2 Å². The highest BCUT2D eigenvalue weighted by Crippen LogP contribution is 2.42. The topological polar surface area (TPSA) is 65.1 Å². The van der Waals surface area contributed by atoms with Crippen molar-refractivity contribution in [3.63, 3.8) is 0 Å². The number of para-hydroxylation sites is 1. The van der Waals surface area contributed by atoms with Crippen molar-refractivity contribution in [1.29, 1.82) is 0 Å². The van der Waals surface area contributed by atoms with Gasteiger partial charge < -0.3 is 19.9 Å². The summed E-state index contributed by atoms with van der Waals surface area (Å²) in [4.78, 5) is 34.5. The second-order valence-electron chi connectivity index (χ2n) is 11.4. The van der Waals surface area contributed by atoms with Crippen LogP contribution in [-0.2, 0) is 11.3 Å². The minimum atomic E-state index is -0.307. The smallest absolute Gasteiger partial charge is 0.265 e. The normalized spacial score (nSPS) is 16.0.